The minimum atomic E-state index is -4.16. The number of alkyl carbamates (subject to hydrolysis) is 1. The average molecular weight is 629 g/mol. The highest BCUT2D eigenvalue weighted by atomic mass is 31.2. The van der Waals surface area contributed by atoms with Gasteiger partial charge >= 0.3 is 13.9 Å². The van der Waals surface area contributed by atoms with E-state index >= 15 is 0 Å². The molecule has 0 saturated carbocycles. The number of hydrogen-bond donors (Lipinski definition) is 2. The number of aryl methyl sites for hydroxylation is 1. The number of rotatable bonds is 28. The SMILES string of the molecule is CCCCCCCCCCCCCCCNC(=O)OCC(CCC)COP(=O)(O)OCCCC[n+]1ccc(N(C)C)cc1. The van der Waals surface area contributed by atoms with Gasteiger partial charge in [-0.05, 0) is 19.3 Å². The van der Waals surface area contributed by atoms with E-state index in [0.717, 1.165) is 44.3 Å². The van der Waals surface area contributed by atoms with Crippen molar-refractivity contribution in [3.05, 3.63) is 24.5 Å². The van der Waals surface area contributed by atoms with Crippen molar-refractivity contribution in [3.8, 4) is 0 Å². The lowest BCUT2D eigenvalue weighted by Crippen LogP contribution is -2.33. The lowest BCUT2D eigenvalue weighted by atomic mass is 10.0. The maximum absolute atomic E-state index is 12.3. The van der Waals surface area contributed by atoms with Crippen molar-refractivity contribution in [2.45, 2.75) is 130 Å². The molecule has 0 aromatic carbocycles. The van der Waals surface area contributed by atoms with E-state index in [0.29, 0.717) is 13.0 Å². The maximum Gasteiger partial charge on any atom is 0.472 e. The van der Waals surface area contributed by atoms with E-state index in [2.05, 4.69) is 16.8 Å². The van der Waals surface area contributed by atoms with Crippen molar-refractivity contribution in [2.75, 3.05) is 45.4 Å². The predicted molar refractivity (Wildman–Crippen MR) is 175 cm³/mol. The highest BCUT2D eigenvalue weighted by Gasteiger charge is 2.23. The molecule has 1 rings (SSSR count). The smallest absolute Gasteiger partial charge is 0.449 e. The summed E-state index contributed by atoms with van der Waals surface area (Å²) in [4.78, 5) is 24.2. The van der Waals surface area contributed by atoms with Gasteiger partial charge in [0.1, 0.15) is 6.54 Å². The van der Waals surface area contributed by atoms with E-state index in [-0.39, 0.29) is 25.7 Å². The van der Waals surface area contributed by atoms with Crippen LogP contribution in [0.2, 0.25) is 0 Å². The van der Waals surface area contributed by atoms with Crippen LogP contribution in [0, 0.1) is 5.92 Å². The van der Waals surface area contributed by atoms with Crippen molar-refractivity contribution >= 4 is 19.6 Å². The summed E-state index contributed by atoms with van der Waals surface area (Å²) in [6.45, 7) is 5.96. The maximum atomic E-state index is 12.3. The lowest BCUT2D eigenvalue weighted by Gasteiger charge is -2.19. The molecule has 1 heterocycles. The third-order valence-electron chi connectivity index (χ3n) is 7.63. The number of ether oxygens (including phenoxy) is 1. The minimum Gasteiger partial charge on any atom is -0.449 e. The van der Waals surface area contributed by atoms with Crippen LogP contribution in [0.5, 0.6) is 0 Å². The summed E-state index contributed by atoms with van der Waals surface area (Å²) >= 11 is 0. The molecule has 2 atom stereocenters. The number of phosphoric ester groups is 1. The Kier molecular flexibility index (Phi) is 23.5. The zero-order valence-corrected chi connectivity index (χ0v) is 28.7. The summed E-state index contributed by atoms with van der Waals surface area (Å²) < 4.78 is 30.2. The van der Waals surface area contributed by atoms with Crippen LogP contribution in [0.15, 0.2) is 24.5 Å². The van der Waals surface area contributed by atoms with Crippen LogP contribution in [-0.4, -0.2) is 51.4 Å². The Morgan fingerprint density at radius 2 is 1.42 bits per heavy atom. The topological polar surface area (TPSA) is 101 Å². The number of nitrogens with zero attached hydrogens (tertiary/aromatic N) is 2. The molecule has 1 aromatic rings. The number of amides is 1. The van der Waals surface area contributed by atoms with Gasteiger partial charge in [0.05, 0.1) is 19.8 Å². The normalized spacial score (nSPS) is 13.4. The Morgan fingerprint density at radius 1 is 0.837 bits per heavy atom. The molecule has 0 aliphatic rings. The highest BCUT2D eigenvalue weighted by Crippen LogP contribution is 2.43. The van der Waals surface area contributed by atoms with Gasteiger partial charge in [-0.15, -0.1) is 0 Å². The summed E-state index contributed by atoms with van der Waals surface area (Å²) in [7, 11) is -0.156. The average Bonchev–Trinajstić information content (AvgIpc) is 2.98. The fourth-order valence-corrected chi connectivity index (χ4v) is 5.74. The first-order valence-electron chi connectivity index (χ1n) is 17.0. The fraction of sp³-hybridized carbons (Fsp3) is 0.818. The standard InChI is InChI=1S/C33H62N3O6P/c1-5-7-8-9-10-11-12-13-14-15-16-17-18-24-34-33(37)40-29-31(21-6-2)30-42-43(38,39)41-28-20-19-25-36-26-22-32(23-27-36)35(3)4/h22-23,26-27,31H,5-21,24-25,28-30H2,1-4H3,(H-,34,37,38,39)/p+1. The lowest BCUT2D eigenvalue weighted by molar-refractivity contribution is -0.697. The molecule has 250 valence electrons. The van der Waals surface area contributed by atoms with Gasteiger partial charge in [0, 0.05) is 50.8 Å². The number of unbranched alkanes of at least 4 members (excludes halogenated alkanes) is 13. The second kappa shape index (κ2) is 25.6. The molecule has 0 bridgehead atoms. The second-order valence-corrected chi connectivity index (χ2v) is 13.4. The summed E-state index contributed by atoms with van der Waals surface area (Å²) in [5, 5.41) is 2.82. The Balaban J connectivity index is 2.08. The van der Waals surface area contributed by atoms with Crippen LogP contribution in [0.25, 0.3) is 0 Å². The van der Waals surface area contributed by atoms with Crippen LogP contribution in [0.3, 0.4) is 0 Å². The first-order valence-corrected chi connectivity index (χ1v) is 18.5. The first-order chi connectivity index (χ1) is 20.8. The van der Waals surface area contributed by atoms with E-state index in [4.69, 9.17) is 13.8 Å². The molecule has 9 nitrogen and oxygen atoms in total. The number of carbonyl (C=O) groups is 1. The molecule has 1 amide bonds. The zero-order chi connectivity index (χ0) is 31.6. The van der Waals surface area contributed by atoms with Gasteiger partial charge in [0.25, 0.3) is 0 Å². The molecule has 0 aliphatic heterocycles. The molecular formula is C33H63N3O6P+. The van der Waals surface area contributed by atoms with Gasteiger partial charge in [-0.3, -0.25) is 9.05 Å². The van der Waals surface area contributed by atoms with Crippen LogP contribution >= 0.6 is 7.82 Å². The molecule has 0 spiro atoms. The quantitative estimate of drug-likeness (QED) is 0.0548. The number of phosphoric acid groups is 1. The van der Waals surface area contributed by atoms with Crippen molar-refractivity contribution in [1.29, 1.82) is 0 Å². The fourth-order valence-electron chi connectivity index (χ4n) is 4.91. The minimum absolute atomic E-state index is 0.00182. The summed E-state index contributed by atoms with van der Waals surface area (Å²) in [5.41, 5.74) is 1.13. The monoisotopic (exact) mass is 628 g/mol. The number of anilines is 1. The van der Waals surface area contributed by atoms with Gasteiger partial charge in [-0.1, -0.05) is 97.3 Å². The number of hydrogen-bond acceptors (Lipinski definition) is 6. The predicted octanol–water partition coefficient (Wildman–Crippen LogP) is 8.19. The summed E-state index contributed by atoms with van der Waals surface area (Å²) in [6, 6.07) is 4.10. The van der Waals surface area contributed by atoms with E-state index in [1.165, 1.54) is 70.6 Å². The number of aromatic nitrogens is 1. The highest BCUT2D eigenvalue weighted by molar-refractivity contribution is 7.47. The molecular weight excluding hydrogens is 565 g/mol. The van der Waals surface area contributed by atoms with Gasteiger partial charge in [-0.25, -0.2) is 13.9 Å². The van der Waals surface area contributed by atoms with E-state index in [9.17, 15) is 14.3 Å². The Bertz CT molecular complexity index is 856. The van der Waals surface area contributed by atoms with E-state index in [1.54, 1.807) is 0 Å². The zero-order valence-electron chi connectivity index (χ0n) is 27.8. The molecule has 0 radical (unpaired) electrons. The van der Waals surface area contributed by atoms with Crippen molar-refractivity contribution < 1.29 is 32.6 Å². The molecule has 0 aliphatic carbocycles. The summed E-state index contributed by atoms with van der Waals surface area (Å²) in [5.74, 6) is -0.169. The van der Waals surface area contributed by atoms with Crippen molar-refractivity contribution in [2.24, 2.45) is 5.92 Å². The van der Waals surface area contributed by atoms with Crippen molar-refractivity contribution in [3.63, 3.8) is 0 Å². The van der Waals surface area contributed by atoms with E-state index < -0.39 is 13.9 Å². The number of carbonyl (C=O) groups excluding carboxylic acids is 1. The van der Waals surface area contributed by atoms with Crippen molar-refractivity contribution in [1.82, 2.24) is 5.32 Å². The van der Waals surface area contributed by atoms with Crippen LogP contribution in [0.1, 0.15) is 123 Å². The third kappa shape index (κ3) is 22.5. The van der Waals surface area contributed by atoms with Gasteiger partial charge < -0.3 is 19.8 Å². The molecule has 2 unspecified atom stereocenters. The Labute approximate surface area is 262 Å². The van der Waals surface area contributed by atoms with Crippen LogP contribution in [-0.2, 0) is 24.9 Å². The summed E-state index contributed by atoms with van der Waals surface area (Å²) in [6.07, 6.45) is 23.4. The molecule has 2 N–H and O–H groups in total. The second-order valence-electron chi connectivity index (χ2n) is 11.9. The molecule has 0 fully saturated rings. The molecule has 43 heavy (non-hydrogen) atoms. The van der Waals surface area contributed by atoms with Gasteiger partial charge in [0.2, 0.25) is 0 Å². The molecule has 1 aromatic heterocycles. The van der Waals surface area contributed by atoms with Gasteiger partial charge in [-0.2, -0.15) is 0 Å². The molecule has 10 heteroatoms. The first kappa shape index (κ1) is 39.4. The Morgan fingerprint density at radius 3 is 1.98 bits per heavy atom. The number of nitrogens with one attached hydrogen (secondary N) is 1. The largest absolute Gasteiger partial charge is 0.472 e. The Hall–Kier alpha value is -1.67. The third-order valence-corrected chi connectivity index (χ3v) is 8.61. The number of pyridine rings is 1. The van der Waals surface area contributed by atoms with Crippen LogP contribution < -0.4 is 14.8 Å². The molecule has 0 saturated heterocycles. The van der Waals surface area contributed by atoms with E-state index in [1.807, 2.05) is 50.4 Å². The van der Waals surface area contributed by atoms with Crippen LogP contribution in [0.4, 0.5) is 10.5 Å². The van der Waals surface area contributed by atoms with Gasteiger partial charge in [0.15, 0.2) is 12.4 Å².